The van der Waals surface area contributed by atoms with E-state index < -0.39 is 29.7 Å². The first-order chi connectivity index (χ1) is 16.9. The molecule has 0 radical (unpaired) electrons. The molecule has 1 saturated heterocycles. The molecule has 190 valence electrons. The monoisotopic (exact) mass is 489 g/mol. The number of carbonyl (C=O) groups is 5. The topological polar surface area (TPSA) is 140 Å². The van der Waals surface area contributed by atoms with Gasteiger partial charge < -0.3 is 19.5 Å². The molecule has 2 N–H and O–H groups in total. The van der Waals surface area contributed by atoms with Gasteiger partial charge in [0.2, 0.25) is 11.8 Å². The number of unbranched alkanes of at least 4 members (excludes halogenated alkanes) is 1. The number of nitrogens with zero attached hydrogens (tertiary/aromatic N) is 1. The molecule has 1 unspecified atom stereocenters. The number of ether oxygens (including phenoxy) is 3. The number of imide groups is 2. The molecule has 2 aliphatic rings. The number of hydrogen-bond donors (Lipinski definition) is 2. The molecule has 0 aliphatic carbocycles. The molecule has 11 nitrogen and oxygen atoms in total. The predicted molar refractivity (Wildman–Crippen MR) is 124 cm³/mol. The van der Waals surface area contributed by atoms with Crippen LogP contribution in [0.1, 0.15) is 59.7 Å². The number of amides is 4. The minimum atomic E-state index is -1.01. The van der Waals surface area contributed by atoms with Crippen molar-refractivity contribution in [2.75, 3.05) is 44.9 Å². The summed E-state index contributed by atoms with van der Waals surface area (Å²) in [7, 11) is 0. The maximum absolute atomic E-state index is 13.0. The van der Waals surface area contributed by atoms with Gasteiger partial charge in [0, 0.05) is 18.7 Å². The van der Waals surface area contributed by atoms with Crippen molar-refractivity contribution in [3.8, 4) is 0 Å². The summed E-state index contributed by atoms with van der Waals surface area (Å²) in [5, 5.41) is 5.28. The molecule has 0 aromatic heterocycles. The molecular formula is C24H31N3O8. The third-order valence-corrected chi connectivity index (χ3v) is 5.61. The van der Waals surface area contributed by atoms with Crippen molar-refractivity contribution in [1.82, 2.24) is 10.2 Å². The number of piperidine rings is 1. The van der Waals surface area contributed by atoms with Gasteiger partial charge in [-0.2, -0.15) is 0 Å². The van der Waals surface area contributed by atoms with Gasteiger partial charge in [-0.15, -0.1) is 0 Å². The quantitative estimate of drug-likeness (QED) is 0.224. The van der Waals surface area contributed by atoms with Gasteiger partial charge in [0.1, 0.15) is 6.04 Å². The van der Waals surface area contributed by atoms with Crippen molar-refractivity contribution >= 4 is 35.3 Å². The molecule has 0 bridgehead atoms. The van der Waals surface area contributed by atoms with Crippen LogP contribution >= 0.6 is 0 Å². The van der Waals surface area contributed by atoms with E-state index in [2.05, 4.69) is 10.6 Å². The van der Waals surface area contributed by atoms with Crippen molar-refractivity contribution in [3.05, 3.63) is 29.3 Å². The largest absolute Gasteiger partial charge is 0.466 e. The first kappa shape index (κ1) is 26.3. The average Bonchev–Trinajstić information content (AvgIpc) is 3.09. The summed E-state index contributed by atoms with van der Waals surface area (Å²) >= 11 is 0. The number of benzene rings is 1. The predicted octanol–water partition coefficient (Wildman–Crippen LogP) is 1.27. The maximum Gasteiger partial charge on any atom is 0.308 e. The first-order valence-electron chi connectivity index (χ1n) is 11.8. The number of rotatable bonds is 14. The molecule has 1 aromatic rings. The molecule has 35 heavy (non-hydrogen) atoms. The third kappa shape index (κ3) is 6.86. The first-order valence-corrected chi connectivity index (χ1v) is 11.8. The van der Waals surface area contributed by atoms with Crippen LogP contribution in [-0.2, 0) is 28.6 Å². The standard InChI is InChI=1S/C24H31N3O8/c1-2-3-11-35-20(29)9-12-33-14-15-34-13-10-25-17-6-4-5-16-21(17)24(32)27(23(16)31)18-7-8-19(28)26-22(18)30/h4-6,18,25H,2-3,7-15H2,1H3,(H,26,28,30). The van der Waals surface area contributed by atoms with Crippen LogP contribution in [0.15, 0.2) is 18.2 Å². The van der Waals surface area contributed by atoms with Crippen LogP contribution in [0.5, 0.6) is 0 Å². The molecule has 1 aromatic carbocycles. The fraction of sp³-hybridized carbons (Fsp3) is 0.542. The van der Waals surface area contributed by atoms with E-state index in [9.17, 15) is 24.0 Å². The van der Waals surface area contributed by atoms with Crippen molar-refractivity contribution in [2.45, 2.75) is 45.1 Å². The van der Waals surface area contributed by atoms with Crippen LogP contribution in [-0.4, -0.2) is 80.1 Å². The Morgan fingerprint density at radius 1 is 1.06 bits per heavy atom. The molecule has 1 fully saturated rings. The van der Waals surface area contributed by atoms with Gasteiger partial charge in [-0.05, 0) is 25.0 Å². The Balaban J connectivity index is 1.39. The van der Waals surface area contributed by atoms with Crippen LogP contribution in [0.25, 0.3) is 0 Å². The molecule has 0 spiro atoms. The zero-order valence-electron chi connectivity index (χ0n) is 19.8. The Bertz CT molecular complexity index is 964. The fourth-order valence-corrected chi connectivity index (χ4v) is 3.80. The summed E-state index contributed by atoms with van der Waals surface area (Å²) in [6.45, 7) is 4.09. The molecular weight excluding hydrogens is 458 g/mol. The highest BCUT2D eigenvalue weighted by Gasteiger charge is 2.45. The average molecular weight is 490 g/mol. The third-order valence-electron chi connectivity index (χ3n) is 5.61. The van der Waals surface area contributed by atoms with E-state index >= 15 is 0 Å². The van der Waals surface area contributed by atoms with Crippen molar-refractivity contribution in [2.24, 2.45) is 0 Å². The van der Waals surface area contributed by atoms with Gasteiger partial charge in [0.25, 0.3) is 11.8 Å². The number of carbonyl (C=O) groups excluding carboxylic acids is 5. The number of nitrogens with one attached hydrogen (secondary N) is 2. The molecule has 11 heteroatoms. The van der Waals surface area contributed by atoms with E-state index in [0.29, 0.717) is 38.7 Å². The van der Waals surface area contributed by atoms with Crippen LogP contribution in [0.3, 0.4) is 0 Å². The van der Waals surface area contributed by atoms with Crippen LogP contribution in [0.2, 0.25) is 0 Å². The Morgan fingerprint density at radius 3 is 2.57 bits per heavy atom. The Hall–Kier alpha value is -3.31. The van der Waals surface area contributed by atoms with Gasteiger partial charge in [-0.1, -0.05) is 19.4 Å². The highest BCUT2D eigenvalue weighted by Crippen LogP contribution is 2.32. The van der Waals surface area contributed by atoms with Crippen LogP contribution in [0, 0.1) is 0 Å². The minimum Gasteiger partial charge on any atom is -0.466 e. The molecule has 0 saturated carbocycles. The van der Waals surface area contributed by atoms with E-state index in [4.69, 9.17) is 14.2 Å². The van der Waals surface area contributed by atoms with Crippen molar-refractivity contribution < 1.29 is 38.2 Å². The maximum atomic E-state index is 13.0. The summed E-state index contributed by atoms with van der Waals surface area (Å²) in [6.07, 6.45) is 2.20. The van der Waals surface area contributed by atoms with Gasteiger partial charge in [-0.25, -0.2) is 0 Å². The summed E-state index contributed by atoms with van der Waals surface area (Å²) in [5.41, 5.74) is 0.890. The summed E-state index contributed by atoms with van der Waals surface area (Å²) < 4.78 is 15.9. The fourth-order valence-electron chi connectivity index (χ4n) is 3.80. The van der Waals surface area contributed by atoms with E-state index in [1.54, 1.807) is 18.2 Å². The second kappa shape index (κ2) is 13.0. The van der Waals surface area contributed by atoms with E-state index in [1.807, 2.05) is 6.92 Å². The Labute approximate surface area is 203 Å². The summed E-state index contributed by atoms with van der Waals surface area (Å²) in [4.78, 5) is 61.9. The van der Waals surface area contributed by atoms with Crippen molar-refractivity contribution in [1.29, 1.82) is 0 Å². The lowest BCUT2D eigenvalue weighted by Gasteiger charge is -2.27. The number of esters is 1. The molecule has 4 amide bonds. The highest BCUT2D eigenvalue weighted by atomic mass is 16.5. The lowest BCUT2D eigenvalue weighted by atomic mass is 10.0. The van der Waals surface area contributed by atoms with Gasteiger partial charge in [-0.3, -0.25) is 34.2 Å². The number of anilines is 1. The summed E-state index contributed by atoms with van der Waals surface area (Å²) in [6, 6.07) is 3.87. The zero-order chi connectivity index (χ0) is 25.2. The molecule has 2 aliphatic heterocycles. The smallest absolute Gasteiger partial charge is 0.308 e. The lowest BCUT2D eigenvalue weighted by Crippen LogP contribution is -2.54. The van der Waals surface area contributed by atoms with Gasteiger partial charge in [0.15, 0.2) is 0 Å². The molecule has 3 rings (SSSR count). The minimum absolute atomic E-state index is 0.0685. The van der Waals surface area contributed by atoms with Gasteiger partial charge in [0.05, 0.1) is 50.6 Å². The number of fused-ring (bicyclic) bond motifs is 1. The zero-order valence-corrected chi connectivity index (χ0v) is 19.8. The SMILES string of the molecule is CCCCOC(=O)CCOCCOCCNc1cccc2c1C(=O)N(C1CCC(=O)NC1=O)C2=O. The molecule has 2 heterocycles. The van der Waals surface area contributed by atoms with Crippen LogP contribution in [0.4, 0.5) is 5.69 Å². The number of hydrogen-bond acceptors (Lipinski definition) is 9. The van der Waals surface area contributed by atoms with E-state index in [1.165, 1.54) is 0 Å². The normalized spacial score (nSPS) is 17.4. The molecule has 1 atom stereocenters. The second-order valence-corrected chi connectivity index (χ2v) is 8.15. The van der Waals surface area contributed by atoms with Crippen molar-refractivity contribution in [3.63, 3.8) is 0 Å². The lowest BCUT2D eigenvalue weighted by molar-refractivity contribution is -0.145. The second-order valence-electron chi connectivity index (χ2n) is 8.15. The highest BCUT2D eigenvalue weighted by molar-refractivity contribution is 6.25. The Morgan fingerprint density at radius 2 is 1.83 bits per heavy atom. The Kier molecular flexibility index (Phi) is 9.74. The van der Waals surface area contributed by atoms with E-state index in [-0.39, 0.29) is 43.0 Å². The summed E-state index contributed by atoms with van der Waals surface area (Å²) in [5.74, 6) is -2.45. The van der Waals surface area contributed by atoms with E-state index in [0.717, 1.165) is 17.7 Å². The van der Waals surface area contributed by atoms with Crippen LogP contribution < -0.4 is 10.6 Å². The van der Waals surface area contributed by atoms with Gasteiger partial charge >= 0.3 is 5.97 Å².